The summed E-state index contributed by atoms with van der Waals surface area (Å²) in [4.78, 5) is 9.64. The summed E-state index contributed by atoms with van der Waals surface area (Å²) >= 11 is 0. The lowest BCUT2D eigenvalue weighted by atomic mass is 10.4. The maximum atomic E-state index is 9.64. The largest absolute Gasteiger partial charge is 0.394 e. The Morgan fingerprint density at radius 1 is 1.88 bits per heavy atom. The Morgan fingerprint density at radius 2 is 2.50 bits per heavy atom. The fraction of sp³-hybridized carbons (Fsp3) is 1.00. The predicted molar refractivity (Wildman–Crippen MR) is 28.5 cm³/mol. The highest BCUT2D eigenvalue weighted by Gasteiger charge is 2.03. The monoisotopic (exact) mass is 119 g/mol. The summed E-state index contributed by atoms with van der Waals surface area (Å²) in [5, 5.41) is 10.9. The molecular formula is C4H9NO3. The van der Waals surface area contributed by atoms with Gasteiger partial charge in [0.2, 0.25) is 0 Å². The first-order chi connectivity index (χ1) is 3.85. The number of methoxy groups -OCH3 is 1. The molecule has 0 saturated heterocycles. The molecule has 1 N–H and O–H groups in total. The van der Waals surface area contributed by atoms with Crippen molar-refractivity contribution in [3.63, 3.8) is 0 Å². The van der Waals surface area contributed by atoms with Crippen LogP contribution in [-0.2, 0) is 4.74 Å². The smallest absolute Gasteiger partial charge is 0.138 e. The van der Waals surface area contributed by atoms with Crippen LogP contribution in [0.2, 0.25) is 0 Å². The van der Waals surface area contributed by atoms with Crippen molar-refractivity contribution < 1.29 is 9.84 Å². The Hall–Kier alpha value is -0.480. The molecule has 0 aromatic carbocycles. The zero-order valence-electron chi connectivity index (χ0n) is 4.70. The van der Waals surface area contributed by atoms with Gasteiger partial charge in [-0.05, 0) is 0 Å². The summed E-state index contributed by atoms with van der Waals surface area (Å²) in [7, 11) is 1.45. The van der Waals surface area contributed by atoms with E-state index in [4.69, 9.17) is 5.11 Å². The lowest BCUT2D eigenvalue weighted by Gasteiger charge is -2.00. The van der Waals surface area contributed by atoms with Gasteiger partial charge < -0.3 is 9.84 Å². The average Bonchev–Trinajstić information content (AvgIpc) is 1.83. The molecule has 0 fully saturated rings. The summed E-state index contributed by atoms with van der Waals surface area (Å²) in [6.07, 6.45) is 0. The second-order valence-corrected chi connectivity index (χ2v) is 1.40. The Balaban J connectivity index is 3.21. The number of ether oxygens (including phenoxy) is 1. The third-order valence-electron chi connectivity index (χ3n) is 0.719. The number of hydrogen-bond acceptors (Lipinski definition) is 4. The molecule has 0 aromatic rings. The van der Waals surface area contributed by atoms with Crippen LogP contribution < -0.4 is 0 Å². The third kappa shape index (κ3) is 2.65. The van der Waals surface area contributed by atoms with Crippen LogP contribution in [0.15, 0.2) is 5.18 Å². The standard InChI is InChI=1S/C4H9NO3/c1-8-3-4(2-6)5-7/h4,6H,2-3H2,1H3. The van der Waals surface area contributed by atoms with Crippen LogP contribution in [0.5, 0.6) is 0 Å². The third-order valence-corrected chi connectivity index (χ3v) is 0.719. The van der Waals surface area contributed by atoms with E-state index in [1.54, 1.807) is 0 Å². The van der Waals surface area contributed by atoms with E-state index < -0.39 is 6.04 Å². The highest BCUT2D eigenvalue weighted by Crippen LogP contribution is 1.86. The zero-order chi connectivity index (χ0) is 6.41. The Kier molecular flexibility index (Phi) is 4.39. The van der Waals surface area contributed by atoms with Crippen molar-refractivity contribution in [2.75, 3.05) is 20.3 Å². The summed E-state index contributed by atoms with van der Waals surface area (Å²) in [6.45, 7) is -0.0443. The maximum Gasteiger partial charge on any atom is 0.138 e. The highest BCUT2D eigenvalue weighted by molar-refractivity contribution is 4.60. The fourth-order valence-electron chi connectivity index (χ4n) is 0.309. The number of aliphatic hydroxyl groups excluding tert-OH is 1. The first-order valence-electron chi connectivity index (χ1n) is 2.27. The van der Waals surface area contributed by atoms with Gasteiger partial charge in [-0.15, -0.1) is 0 Å². The minimum atomic E-state index is -0.597. The molecule has 0 bridgehead atoms. The van der Waals surface area contributed by atoms with Crippen LogP contribution in [0.4, 0.5) is 0 Å². The Morgan fingerprint density at radius 3 is 2.62 bits per heavy atom. The Bertz CT molecular complexity index is 66.3. The SMILES string of the molecule is COCC(CO)N=O. The van der Waals surface area contributed by atoms with Gasteiger partial charge in [-0.3, -0.25) is 0 Å². The number of hydrogen-bond donors (Lipinski definition) is 1. The molecular weight excluding hydrogens is 110 g/mol. The lowest BCUT2D eigenvalue weighted by Crippen LogP contribution is -2.15. The second-order valence-electron chi connectivity index (χ2n) is 1.40. The minimum Gasteiger partial charge on any atom is -0.394 e. The molecule has 48 valence electrons. The molecule has 0 radical (unpaired) electrons. The van der Waals surface area contributed by atoms with Gasteiger partial charge in [0.25, 0.3) is 0 Å². The van der Waals surface area contributed by atoms with E-state index in [2.05, 4.69) is 9.91 Å². The first kappa shape index (κ1) is 7.52. The molecule has 0 heterocycles. The van der Waals surface area contributed by atoms with E-state index in [0.717, 1.165) is 0 Å². The summed E-state index contributed by atoms with van der Waals surface area (Å²) < 4.78 is 4.53. The molecule has 0 spiro atoms. The van der Waals surface area contributed by atoms with Gasteiger partial charge in [0.05, 0.1) is 13.2 Å². The van der Waals surface area contributed by atoms with E-state index >= 15 is 0 Å². The van der Waals surface area contributed by atoms with E-state index in [1.165, 1.54) is 7.11 Å². The van der Waals surface area contributed by atoms with Crippen molar-refractivity contribution in [1.29, 1.82) is 0 Å². The van der Waals surface area contributed by atoms with E-state index in [1.807, 2.05) is 0 Å². The molecule has 8 heavy (non-hydrogen) atoms. The van der Waals surface area contributed by atoms with Crippen molar-refractivity contribution in [3.05, 3.63) is 4.91 Å². The van der Waals surface area contributed by atoms with Crippen LogP contribution in [0.25, 0.3) is 0 Å². The predicted octanol–water partition coefficient (Wildman–Crippen LogP) is -0.240. The van der Waals surface area contributed by atoms with Gasteiger partial charge in [-0.2, -0.15) is 4.91 Å². The van der Waals surface area contributed by atoms with Crippen molar-refractivity contribution in [2.45, 2.75) is 6.04 Å². The summed E-state index contributed by atoms with van der Waals surface area (Å²) in [5.41, 5.74) is 0. The van der Waals surface area contributed by atoms with Crippen molar-refractivity contribution in [1.82, 2.24) is 0 Å². The van der Waals surface area contributed by atoms with Crippen LogP contribution in [-0.4, -0.2) is 31.5 Å². The molecule has 0 aliphatic heterocycles. The van der Waals surface area contributed by atoms with Crippen LogP contribution in [0, 0.1) is 4.91 Å². The second kappa shape index (κ2) is 4.67. The van der Waals surface area contributed by atoms with Crippen LogP contribution >= 0.6 is 0 Å². The molecule has 0 rings (SSSR count). The van der Waals surface area contributed by atoms with E-state index in [0.29, 0.717) is 0 Å². The lowest BCUT2D eigenvalue weighted by molar-refractivity contribution is 0.146. The normalized spacial score (nSPS) is 13.2. The molecule has 1 unspecified atom stereocenters. The fourth-order valence-corrected chi connectivity index (χ4v) is 0.309. The maximum absolute atomic E-state index is 9.64. The minimum absolute atomic E-state index is 0.194. The molecule has 0 aliphatic rings. The first-order valence-corrected chi connectivity index (χ1v) is 2.27. The highest BCUT2D eigenvalue weighted by atomic mass is 16.5. The Labute approximate surface area is 47.4 Å². The topological polar surface area (TPSA) is 58.9 Å². The van der Waals surface area contributed by atoms with Gasteiger partial charge in [0.15, 0.2) is 0 Å². The molecule has 0 saturated carbocycles. The summed E-state index contributed by atoms with van der Waals surface area (Å²) in [5.74, 6) is 0. The van der Waals surface area contributed by atoms with Crippen molar-refractivity contribution in [3.8, 4) is 0 Å². The van der Waals surface area contributed by atoms with E-state index in [-0.39, 0.29) is 13.2 Å². The van der Waals surface area contributed by atoms with Crippen LogP contribution in [0.3, 0.4) is 0 Å². The van der Waals surface area contributed by atoms with Crippen LogP contribution in [0.1, 0.15) is 0 Å². The summed E-state index contributed by atoms with van der Waals surface area (Å²) in [6, 6.07) is -0.597. The molecule has 4 heteroatoms. The van der Waals surface area contributed by atoms with Crippen molar-refractivity contribution >= 4 is 0 Å². The zero-order valence-corrected chi connectivity index (χ0v) is 4.70. The quantitative estimate of drug-likeness (QED) is 0.519. The number of nitroso groups, excluding NO2 is 1. The number of rotatable bonds is 4. The van der Waals surface area contributed by atoms with E-state index in [9.17, 15) is 4.91 Å². The average molecular weight is 119 g/mol. The number of aliphatic hydroxyl groups is 1. The molecule has 1 atom stereocenters. The molecule has 0 aliphatic carbocycles. The molecule has 0 amide bonds. The number of nitrogens with zero attached hydrogens (tertiary/aromatic N) is 1. The van der Waals surface area contributed by atoms with Gasteiger partial charge >= 0.3 is 0 Å². The molecule has 4 nitrogen and oxygen atoms in total. The van der Waals surface area contributed by atoms with Gasteiger partial charge in [-0.25, -0.2) is 0 Å². The van der Waals surface area contributed by atoms with Gasteiger partial charge in [0.1, 0.15) is 6.04 Å². The molecule has 0 aromatic heterocycles. The van der Waals surface area contributed by atoms with Gasteiger partial charge in [-0.1, -0.05) is 5.18 Å². The van der Waals surface area contributed by atoms with Gasteiger partial charge in [0, 0.05) is 7.11 Å². The van der Waals surface area contributed by atoms with Crippen molar-refractivity contribution in [2.24, 2.45) is 5.18 Å².